The fraction of sp³-hybridized carbons (Fsp3) is 0.200. The molecule has 0 aliphatic heterocycles. The largest absolute Gasteiger partial charge is 0.298 e. The van der Waals surface area contributed by atoms with Crippen LogP contribution < -0.4 is 5.32 Å². The predicted octanol–water partition coefficient (Wildman–Crippen LogP) is 4.01. The maximum atomic E-state index is 12.3. The fourth-order valence-corrected chi connectivity index (χ4v) is 4.06. The molecule has 0 saturated heterocycles. The summed E-state index contributed by atoms with van der Waals surface area (Å²) in [6.45, 7) is 4.17. The summed E-state index contributed by atoms with van der Waals surface area (Å²) in [6, 6.07) is 12.2. The summed E-state index contributed by atoms with van der Waals surface area (Å²) in [5, 5.41) is 3.28. The van der Waals surface area contributed by atoms with Gasteiger partial charge in [0.15, 0.2) is 15.0 Å². The summed E-state index contributed by atoms with van der Waals surface area (Å²) < 4.78 is 23.0. The minimum atomic E-state index is -3.28. The van der Waals surface area contributed by atoms with Gasteiger partial charge in [-0.1, -0.05) is 18.2 Å². The number of carbonyl (C=O) groups is 1. The zero-order valence-electron chi connectivity index (χ0n) is 15.3. The van der Waals surface area contributed by atoms with E-state index in [1.54, 1.807) is 6.20 Å². The van der Waals surface area contributed by atoms with Crippen molar-refractivity contribution in [3.05, 3.63) is 75.8 Å². The second kappa shape index (κ2) is 7.62. The van der Waals surface area contributed by atoms with Gasteiger partial charge >= 0.3 is 0 Å². The normalized spacial score (nSPS) is 11.4. The highest BCUT2D eigenvalue weighted by Crippen LogP contribution is 2.23. The van der Waals surface area contributed by atoms with Gasteiger partial charge in [-0.15, -0.1) is 11.3 Å². The Morgan fingerprint density at radius 3 is 2.41 bits per heavy atom. The molecule has 7 heteroatoms. The van der Waals surface area contributed by atoms with Crippen LogP contribution in [0.15, 0.2) is 53.6 Å². The van der Waals surface area contributed by atoms with Crippen LogP contribution in [-0.2, 0) is 16.3 Å². The molecule has 140 valence electrons. The third-order valence-electron chi connectivity index (χ3n) is 4.27. The number of sulfone groups is 1. The van der Waals surface area contributed by atoms with Gasteiger partial charge in [0.05, 0.1) is 4.90 Å². The van der Waals surface area contributed by atoms with Crippen molar-refractivity contribution in [2.45, 2.75) is 25.2 Å². The third-order valence-corrected chi connectivity index (χ3v) is 6.31. The van der Waals surface area contributed by atoms with Gasteiger partial charge in [-0.3, -0.25) is 10.1 Å². The zero-order chi connectivity index (χ0) is 19.6. The number of carbonyl (C=O) groups excluding carboxylic acids is 1. The van der Waals surface area contributed by atoms with E-state index >= 15 is 0 Å². The van der Waals surface area contributed by atoms with Crippen molar-refractivity contribution in [2.75, 3.05) is 11.6 Å². The monoisotopic (exact) mass is 400 g/mol. The number of nitrogens with zero attached hydrogens (tertiary/aromatic N) is 1. The summed E-state index contributed by atoms with van der Waals surface area (Å²) in [5.41, 5.74) is 4.10. The van der Waals surface area contributed by atoms with Crippen LogP contribution in [-0.4, -0.2) is 25.6 Å². The molecule has 0 aliphatic carbocycles. The van der Waals surface area contributed by atoms with Crippen LogP contribution in [0, 0.1) is 13.8 Å². The van der Waals surface area contributed by atoms with Crippen LogP contribution >= 0.6 is 11.3 Å². The van der Waals surface area contributed by atoms with Gasteiger partial charge in [0.2, 0.25) is 0 Å². The Bertz CT molecular complexity index is 1080. The lowest BCUT2D eigenvalue weighted by Gasteiger charge is -2.04. The number of amides is 1. The molecular formula is C20H20N2O3S2. The number of thiazole rings is 1. The molecule has 5 nitrogen and oxygen atoms in total. The van der Waals surface area contributed by atoms with Gasteiger partial charge in [0.1, 0.15) is 0 Å². The van der Waals surface area contributed by atoms with Gasteiger partial charge in [-0.05, 0) is 54.8 Å². The summed E-state index contributed by atoms with van der Waals surface area (Å²) in [6.07, 6.45) is 3.66. The van der Waals surface area contributed by atoms with Gasteiger partial charge in [0.25, 0.3) is 5.91 Å². The fourth-order valence-electron chi connectivity index (χ4n) is 2.58. The highest BCUT2D eigenvalue weighted by atomic mass is 32.2. The van der Waals surface area contributed by atoms with E-state index in [0.717, 1.165) is 17.6 Å². The smallest absolute Gasteiger partial charge is 0.257 e. The Kier molecular flexibility index (Phi) is 5.43. The molecule has 3 rings (SSSR count). The molecule has 0 radical (unpaired) electrons. The Hall–Kier alpha value is -2.51. The lowest BCUT2D eigenvalue weighted by atomic mass is 10.0. The van der Waals surface area contributed by atoms with Crippen molar-refractivity contribution in [3.8, 4) is 0 Å². The van der Waals surface area contributed by atoms with E-state index in [-0.39, 0.29) is 10.8 Å². The summed E-state index contributed by atoms with van der Waals surface area (Å²) in [7, 11) is -3.28. The zero-order valence-corrected chi connectivity index (χ0v) is 16.9. The van der Waals surface area contributed by atoms with Gasteiger partial charge < -0.3 is 0 Å². The number of nitrogens with one attached hydrogen (secondary N) is 1. The Morgan fingerprint density at radius 1 is 1.07 bits per heavy atom. The second-order valence-corrected chi connectivity index (χ2v) is 9.61. The molecule has 3 aromatic rings. The number of aryl methyl sites for hydroxylation is 2. The van der Waals surface area contributed by atoms with Crippen molar-refractivity contribution in [3.63, 3.8) is 0 Å². The van der Waals surface area contributed by atoms with Crippen LogP contribution in [0.1, 0.15) is 31.9 Å². The number of benzene rings is 2. The summed E-state index contributed by atoms with van der Waals surface area (Å²) in [5.74, 6) is -0.317. The van der Waals surface area contributed by atoms with Crippen LogP contribution in [0.3, 0.4) is 0 Å². The Morgan fingerprint density at radius 2 is 1.78 bits per heavy atom. The molecule has 27 heavy (non-hydrogen) atoms. The number of aromatic nitrogens is 1. The highest BCUT2D eigenvalue weighted by molar-refractivity contribution is 7.90. The Balaban J connectivity index is 1.68. The molecule has 0 saturated carbocycles. The first-order chi connectivity index (χ1) is 12.7. The van der Waals surface area contributed by atoms with E-state index in [4.69, 9.17) is 0 Å². The molecule has 1 aromatic heterocycles. The molecule has 0 bridgehead atoms. The molecule has 0 spiro atoms. The van der Waals surface area contributed by atoms with Gasteiger partial charge in [-0.2, -0.15) is 0 Å². The summed E-state index contributed by atoms with van der Waals surface area (Å²) in [4.78, 5) is 17.8. The van der Waals surface area contributed by atoms with Crippen molar-refractivity contribution in [1.29, 1.82) is 0 Å². The average Bonchev–Trinajstić information content (AvgIpc) is 3.04. The molecule has 0 aliphatic rings. The first-order valence-corrected chi connectivity index (χ1v) is 11.1. The van der Waals surface area contributed by atoms with Crippen molar-refractivity contribution in [2.24, 2.45) is 0 Å². The van der Waals surface area contributed by atoms with E-state index in [2.05, 4.69) is 42.3 Å². The SMILES string of the molecule is Cc1ccc(Cc2cnc(NC(=O)c3ccc(S(C)(=O)=O)cc3)s2)cc1C. The molecule has 0 unspecified atom stereocenters. The van der Waals surface area contributed by atoms with Gasteiger partial charge in [-0.25, -0.2) is 13.4 Å². The van der Waals surface area contributed by atoms with E-state index in [1.807, 2.05) is 0 Å². The minimum absolute atomic E-state index is 0.184. The molecule has 1 heterocycles. The minimum Gasteiger partial charge on any atom is -0.298 e. The molecule has 0 fully saturated rings. The number of rotatable bonds is 5. The number of hydrogen-bond donors (Lipinski definition) is 1. The first kappa shape index (κ1) is 19.3. The Labute approximate surface area is 163 Å². The highest BCUT2D eigenvalue weighted by Gasteiger charge is 2.12. The molecule has 2 aromatic carbocycles. The first-order valence-electron chi connectivity index (χ1n) is 8.35. The van der Waals surface area contributed by atoms with E-state index in [1.165, 1.54) is 52.3 Å². The molecule has 1 amide bonds. The van der Waals surface area contributed by atoms with E-state index < -0.39 is 9.84 Å². The van der Waals surface area contributed by atoms with Crippen LogP contribution in [0.25, 0.3) is 0 Å². The third kappa shape index (κ3) is 4.81. The average molecular weight is 401 g/mol. The maximum absolute atomic E-state index is 12.3. The topological polar surface area (TPSA) is 76.1 Å². The lowest BCUT2D eigenvalue weighted by molar-refractivity contribution is 0.102. The number of hydrogen-bond acceptors (Lipinski definition) is 5. The maximum Gasteiger partial charge on any atom is 0.257 e. The van der Waals surface area contributed by atoms with Crippen LogP contribution in [0.5, 0.6) is 0 Å². The number of anilines is 1. The molecular weight excluding hydrogens is 380 g/mol. The molecule has 0 atom stereocenters. The van der Waals surface area contributed by atoms with Crippen molar-refractivity contribution in [1.82, 2.24) is 4.98 Å². The van der Waals surface area contributed by atoms with E-state index in [0.29, 0.717) is 10.7 Å². The quantitative estimate of drug-likeness (QED) is 0.702. The standard InChI is InChI=1S/C20H20N2O3S2/c1-13-4-5-15(10-14(13)2)11-17-12-21-20(26-17)22-19(23)16-6-8-18(9-7-16)27(3,24)25/h4-10,12H,11H2,1-3H3,(H,21,22,23). The van der Waals surface area contributed by atoms with Crippen molar-refractivity contribution < 1.29 is 13.2 Å². The van der Waals surface area contributed by atoms with Crippen LogP contribution in [0.2, 0.25) is 0 Å². The molecule has 1 N–H and O–H groups in total. The van der Waals surface area contributed by atoms with Gasteiger partial charge in [0, 0.05) is 29.3 Å². The predicted molar refractivity (Wildman–Crippen MR) is 108 cm³/mol. The summed E-state index contributed by atoms with van der Waals surface area (Å²) >= 11 is 1.43. The lowest BCUT2D eigenvalue weighted by Crippen LogP contribution is -2.11. The second-order valence-electron chi connectivity index (χ2n) is 6.48. The van der Waals surface area contributed by atoms with E-state index in [9.17, 15) is 13.2 Å². The van der Waals surface area contributed by atoms with Crippen molar-refractivity contribution >= 4 is 32.2 Å². The van der Waals surface area contributed by atoms with Crippen LogP contribution in [0.4, 0.5) is 5.13 Å².